The molecule has 7 heteroatoms. The standard InChI is InChI=1S/C15H7BrN2O4/c16-12-6-5-11(20-12)13-17-14(22-18-13)9-7-8-3-1-2-4-10(8)21-15(9)19/h1-7H. The normalized spacial score (nSPS) is 11.1. The van der Waals surface area contributed by atoms with Gasteiger partial charge in [0.15, 0.2) is 10.4 Å². The number of halogens is 1. The number of benzene rings is 1. The van der Waals surface area contributed by atoms with Crippen LogP contribution in [0.25, 0.3) is 34.0 Å². The van der Waals surface area contributed by atoms with Crippen LogP contribution in [-0.2, 0) is 0 Å². The van der Waals surface area contributed by atoms with Crippen LogP contribution in [0.3, 0.4) is 0 Å². The number of hydrogen-bond acceptors (Lipinski definition) is 6. The molecule has 0 amide bonds. The van der Waals surface area contributed by atoms with Crippen LogP contribution >= 0.6 is 15.9 Å². The van der Waals surface area contributed by atoms with Crippen LogP contribution in [0.15, 0.2) is 65.3 Å². The molecule has 0 aliphatic heterocycles. The maximum Gasteiger partial charge on any atom is 0.349 e. The van der Waals surface area contributed by atoms with E-state index in [1.54, 1.807) is 30.3 Å². The second-order valence-corrected chi connectivity index (χ2v) is 5.29. The van der Waals surface area contributed by atoms with Crippen LogP contribution in [0, 0.1) is 0 Å². The number of aromatic nitrogens is 2. The van der Waals surface area contributed by atoms with E-state index in [1.165, 1.54) is 0 Å². The monoisotopic (exact) mass is 358 g/mol. The van der Waals surface area contributed by atoms with E-state index in [0.717, 1.165) is 5.39 Å². The summed E-state index contributed by atoms with van der Waals surface area (Å²) in [6.07, 6.45) is 0. The second kappa shape index (κ2) is 4.96. The topological polar surface area (TPSA) is 82.3 Å². The van der Waals surface area contributed by atoms with Gasteiger partial charge in [-0.05, 0) is 40.2 Å². The SMILES string of the molecule is O=c1oc2ccccc2cc1-c1nc(-c2ccc(Br)o2)no1. The van der Waals surface area contributed by atoms with E-state index in [-0.39, 0.29) is 17.3 Å². The first-order chi connectivity index (χ1) is 10.7. The van der Waals surface area contributed by atoms with Crippen LogP contribution in [0.2, 0.25) is 0 Å². The average molecular weight is 359 g/mol. The number of fused-ring (bicyclic) bond motifs is 1. The molecule has 108 valence electrons. The van der Waals surface area contributed by atoms with Gasteiger partial charge < -0.3 is 13.4 Å². The minimum absolute atomic E-state index is 0.0852. The fourth-order valence-corrected chi connectivity index (χ4v) is 2.39. The summed E-state index contributed by atoms with van der Waals surface area (Å²) in [5.74, 6) is 0.780. The number of furan rings is 1. The van der Waals surface area contributed by atoms with Gasteiger partial charge in [0.25, 0.3) is 5.89 Å². The Bertz CT molecular complexity index is 1030. The number of nitrogens with zero attached hydrogens (tertiary/aromatic N) is 2. The third-order valence-electron chi connectivity index (χ3n) is 3.09. The molecule has 4 aromatic rings. The van der Waals surface area contributed by atoms with E-state index < -0.39 is 5.63 Å². The molecule has 3 heterocycles. The molecule has 3 aromatic heterocycles. The van der Waals surface area contributed by atoms with Gasteiger partial charge in [-0.1, -0.05) is 23.4 Å². The first kappa shape index (κ1) is 13.0. The minimum Gasteiger partial charge on any atom is -0.446 e. The van der Waals surface area contributed by atoms with Crippen molar-refractivity contribution in [2.45, 2.75) is 0 Å². The third kappa shape index (κ3) is 2.15. The molecule has 4 rings (SSSR count). The molecule has 1 aromatic carbocycles. The smallest absolute Gasteiger partial charge is 0.349 e. The summed E-state index contributed by atoms with van der Waals surface area (Å²) in [6.45, 7) is 0. The van der Waals surface area contributed by atoms with Gasteiger partial charge in [0.1, 0.15) is 11.1 Å². The van der Waals surface area contributed by atoms with Crippen molar-refractivity contribution in [3.05, 3.63) is 57.6 Å². The fourth-order valence-electron chi connectivity index (χ4n) is 2.08. The van der Waals surface area contributed by atoms with Crippen molar-refractivity contribution in [2.24, 2.45) is 0 Å². The van der Waals surface area contributed by atoms with Crippen LogP contribution in [0.5, 0.6) is 0 Å². The number of hydrogen-bond donors (Lipinski definition) is 0. The Hall–Kier alpha value is -2.67. The Morgan fingerprint density at radius 1 is 1.05 bits per heavy atom. The van der Waals surface area contributed by atoms with Crippen molar-refractivity contribution in [3.8, 4) is 23.0 Å². The molecular formula is C15H7BrN2O4. The highest BCUT2D eigenvalue weighted by molar-refractivity contribution is 9.10. The zero-order chi connectivity index (χ0) is 15.1. The zero-order valence-electron chi connectivity index (χ0n) is 10.9. The van der Waals surface area contributed by atoms with Crippen molar-refractivity contribution in [3.63, 3.8) is 0 Å². The van der Waals surface area contributed by atoms with Crippen LogP contribution < -0.4 is 5.63 Å². The summed E-state index contributed by atoms with van der Waals surface area (Å²) < 4.78 is 16.3. The summed E-state index contributed by atoms with van der Waals surface area (Å²) in [7, 11) is 0. The molecule has 0 unspecified atom stereocenters. The van der Waals surface area contributed by atoms with Crippen molar-refractivity contribution < 1.29 is 13.4 Å². The highest BCUT2D eigenvalue weighted by Gasteiger charge is 2.17. The summed E-state index contributed by atoms with van der Waals surface area (Å²) in [4.78, 5) is 16.2. The van der Waals surface area contributed by atoms with Crippen LogP contribution in [0.4, 0.5) is 0 Å². The van der Waals surface area contributed by atoms with E-state index in [4.69, 9.17) is 13.4 Å². The van der Waals surface area contributed by atoms with E-state index in [2.05, 4.69) is 26.1 Å². The quantitative estimate of drug-likeness (QED) is 0.506. The van der Waals surface area contributed by atoms with Gasteiger partial charge in [0, 0.05) is 5.39 Å². The van der Waals surface area contributed by atoms with Crippen LogP contribution in [0.1, 0.15) is 0 Å². The highest BCUT2D eigenvalue weighted by Crippen LogP contribution is 2.25. The molecule has 6 nitrogen and oxygen atoms in total. The van der Waals surface area contributed by atoms with Gasteiger partial charge in [-0.3, -0.25) is 0 Å². The predicted molar refractivity (Wildman–Crippen MR) is 81.2 cm³/mol. The van der Waals surface area contributed by atoms with Crippen LogP contribution in [-0.4, -0.2) is 10.1 Å². The van der Waals surface area contributed by atoms with Gasteiger partial charge in [0.2, 0.25) is 5.82 Å². The van der Waals surface area contributed by atoms with E-state index in [1.807, 2.05) is 12.1 Å². The second-order valence-electron chi connectivity index (χ2n) is 4.51. The summed E-state index contributed by atoms with van der Waals surface area (Å²) in [6, 6.07) is 12.3. The molecule has 0 aliphatic rings. The van der Waals surface area contributed by atoms with Gasteiger partial charge in [0.05, 0.1) is 0 Å². The van der Waals surface area contributed by atoms with Crippen molar-refractivity contribution in [1.29, 1.82) is 0 Å². The molecule has 0 spiro atoms. The van der Waals surface area contributed by atoms with Crippen molar-refractivity contribution in [2.75, 3.05) is 0 Å². The number of para-hydroxylation sites is 1. The highest BCUT2D eigenvalue weighted by atomic mass is 79.9. The lowest BCUT2D eigenvalue weighted by Gasteiger charge is -1.97. The largest absolute Gasteiger partial charge is 0.446 e. The Labute approximate surface area is 131 Å². The average Bonchev–Trinajstić information content (AvgIpc) is 3.15. The minimum atomic E-state index is -0.533. The van der Waals surface area contributed by atoms with Gasteiger partial charge in [-0.2, -0.15) is 4.98 Å². The Morgan fingerprint density at radius 3 is 2.73 bits per heavy atom. The van der Waals surface area contributed by atoms with E-state index >= 15 is 0 Å². The van der Waals surface area contributed by atoms with E-state index in [9.17, 15) is 4.79 Å². The Morgan fingerprint density at radius 2 is 1.91 bits per heavy atom. The summed E-state index contributed by atoms with van der Waals surface area (Å²) >= 11 is 3.20. The lowest BCUT2D eigenvalue weighted by atomic mass is 10.2. The molecule has 0 aliphatic carbocycles. The molecule has 0 radical (unpaired) electrons. The molecule has 0 saturated heterocycles. The Kier molecular flexibility index (Phi) is 2.93. The third-order valence-corrected chi connectivity index (χ3v) is 3.52. The van der Waals surface area contributed by atoms with Crippen molar-refractivity contribution >= 4 is 26.9 Å². The predicted octanol–water partition coefficient (Wildman–Crippen LogP) is 3.87. The Balaban J connectivity index is 1.84. The first-order valence-corrected chi connectivity index (χ1v) is 7.13. The maximum atomic E-state index is 12.1. The molecule has 0 fully saturated rings. The fraction of sp³-hybridized carbons (Fsp3) is 0. The first-order valence-electron chi connectivity index (χ1n) is 6.33. The molecule has 0 saturated carbocycles. The molecule has 0 N–H and O–H groups in total. The molecule has 0 bridgehead atoms. The lowest BCUT2D eigenvalue weighted by molar-refractivity contribution is 0.426. The van der Waals surface area contributed by atoms with E-state index in [0.29, 0.717) is 16.0 Å². The van der Waals surface area contributed by atoms with Gasteiger partial charge in [-0.25, -0.2) is 4.79 Å². The molecule has 22 heavy (non-hydrogen) atoms. The van der Waals surface area contributed by atoms with Gasteiger partial charge >= 0.3 is 5.63 Å². The number of rotatable bonds is 2. The maximum absolute atomic E-state index is 12.1. The molecular weight excluding hydrogens is 352 g/mol. The summed E-state index contributed by atoms with van der Waals surface area (Å²) in [5, 5.41) is 4.59. The zero-order valence-corrected chi connectivity index (χ0v) is 12.5. The lowest BCUT2D eigenvalue weighted by Crippen LogP contribution is -2.02. The summed E-state index contributed by atoms with van der Waals surface area (Å²) in [5.41, 5.74) is 0.184. The van der Waals surface area contributed by atoms with Crippen molar-refractivity contribution in [1.82, 2.24) is 10.1 Å². The molecule has 0 atom stereocenters. The van der Waals surface area contributed by atoms with Gasteiger partial charge in [-0.15, -0.1) is 0 Å².